The Labute approximate surface area is 126 Å². The Bertz CT molecular complexity index is 556. The molecule has 1 aliphatic heterocycles. The lowest BCUT2D eigenvalue weighted by atomic mass is 10.00. The molecule has 1 aliphatic rings. The van der Waals surface area contributed by atoms with E-state index in [4.69, 9.17) is 11.6 Å². The van der Waals surface area contributed by atoms with Gasteiger partial charge in [-0.05, 0) is 29.5 Å². The van der Waals surface area contributed by atoms with Crippen LogP contribution in [0.15, 0.2) is 24.3 Å². The zero-order chi connectivity index (χ0) is 14.8. The highest BCUT2D eigenvalue weighted by atomic mass is 35.5. The van der Waals surface area contributed by atoms with Crippen molar-refractivity contribution in [3.63, 3.8) is 0 Å². The molecule has 1 aromatic rings. The minimum Gasteiger partial charge on any atom is -0.316 e. The summed E-state index contributed by atoms with van der Waals surface area (Å²) in [5.41, 5.74) is 1.22. The van der Waals surface area contributed by atoms with Crippen LogP contribution in [0.1, 0.15) is 18.4 Å². The highest BCUT2D eigenvalue weighted by molar-refractivity contribution is 7.88. The molecule has 4 nitrogen and oxygen atoms in total. The molecular weight excluding hydrogens is 296 g/mol. The Morgan fingerprint density at radius 3 is 2.75 bits per heavy atom. The average molecular weight is 317 g/mol. The number of benzene rings is 1. The predicted molar refractivity (Wildman–Crippen MR) is 82.6 cm³/mol. The zero-order valence-corrected chi connectivity index (χ0v) is 13.4. The Kier molecular flexibility index (Phi) is 5.07. The van der Waals surface area contributed by atoms with E-state index in [1.165, 1.54) is 16.1 Å². The highest BCUT2D eigenvalue weighted by Crippen LogP contribution is 2.20. The first-order valence-corrected chi connectivity index (χ1v) is 9.00. The fraction of sp³-hybridized carbons (Fsp3) is 0.571. The number of rotatable bonds is 6. The van der Waals surface area contributed by atoms with Crippen LogP contribution in [0.2, 0.25) is 5.02 Å². The first-order valence-electron chi connectivity index (χ1n) is 6.77. The van der Waals surface area contributed by atoms with Crippen molar-refractivity contribution >= 4 is 21.6 Å². The standard InChI is InChI=1S/C14H21ClN2O2S/c1-11(13-4-3-5-14(15)6-13)7-16-8-12-9-17(10-12)20(2,18)19/h3-6,11-12,16H,7-10H2,1-2H3/t11-/m1/s1. The van der Waals surface area contributed by atoms with E-state index in [9.17, 15) is 8.42 Å². The van der Waals surface area contributed by atoms with Gasteiger partial charge in [-0.1, -0.05) is 30.7 Å². The SMILES string of the molecule is C[C@H](CNCC1CN(S(C)(=O)=O)C1)c1cccc(Cl)c1. The third kappa shape index (κ3) is 4.19. The Morgan fingerprint density at radius 1 is 1.45 bits per heavy atom. The second-order valence-corrected chi connectivity index (χ2v) is 7.98. The van der Waals surface area contributed by atoms with Crippen LogP contribution in [0, 0.1) is 5.92 Å². The molecule has 2 rings (SSSR count). The van der Waals surface area contributed by atoms with Crippen molar-refractivity contribution in [2.24, 2.45) is 5.92 Å². The molecule has 1 saturated heterocycles. The summed E-state index contributed by atoms with van der Waals surface area (Å²) in [6.45, 7) is 5.16. The van der Waals surface area contributed by atoms with E-state index in [2.05, 4.69) is 18.3 Å². The van der Waals surface area contributed by atoms with Gasteiger partial charge in [0, 0.05) is 31.2 Å². The lowest BCUT2D eigenvalue weighted by Gasteiger charge is -2.37. The van der Waals surface area contributed by atoms with Crippen molar-refractivity contribution < 1.29 is 8.42 Å². The molecule has 0 radical (unpaired) electrons. The van der Waals surface area contributed by atoms with Gasteiger partial charge in [0.2, 0.25) is 10.0 Å². The summed E-state index contributed by atoms with van der Waals surface area (Å²) in [6, 6.07) is 7.90. The van der Waals surface area contributed by atoms with Crippen LogP contribution < -0.4 is 5.32 Å². The summed E-state index contributed by atoms with van der Waals surface area (Å²) in [6.07, 6.45) is 1.26. The Morgan fingerprint density at radius 2 is 2.15 bits per heavy atom. The summed E-state index contributed by atoms with van der Waals surface area (Å²) in [4.78, 5) is 0. The van der Waals surface area contributed by atoms with E-state index in [0.717, 1.165) is 18.1 Å². The van der Waals surface area contributed by atoms with Crippen LogP contribution in [0.5, 0.6) is 0 Å². The minimum atomic E-state index is -3.00. The number of hydrogen-bond donors (Lipinski definition) is 1. The molecular formula is C14H21ClN2O2S. The number of nitrogens with zero attached hydrogens (tertiary/aromatic N) is 1. The summed E-state index contributed by atoms with van der Waals surface area (Å²) >= 11 is 5.98. The van der Waals surface area contributed by atoms with Crippen LogP contribution in [0.25, 0.3) is 0 Å². The van der Waals surface area contributed by atoms with Gasteiger partial charge in [-0.3, -0.25) is 0 Å². The second-order valence-electron chi connectivity index (χ2n) is 5.56. The number of hydrogen-bond acceptors (Lipinski definition) is 3. The molecule has 1 N–H and O–H groups in total. The normalized spacial score (nSPS) is 18.8. The predicted octanol–water partition coefficient (Wildman–Crippen LogP) is 1.92. The largest absolute Gasteiger partial charge is 0.316 e. The fourth-order valence-corrected chi connectivity index (χ4v) is 3.52. The lowest BCUT2D eigenvalue weighted by molar-refractivity contribution is 0.197. The summed E-state index contributed by atoms with van der Waals surface area (Å²) in [5, 5.41) is 4.17. The van der Waals surface area contributed by atoms with Gasteiger partial charge in [0.15, 0.2) is 0 Å². The van der Waals surface area contributed by atoms with Crippen LogP contribution >= 0.6 is 11.6 Å². The molecule has 1 aromatic carbocycles. The van der Waals surface area contributed by atoms with Gasteiger partial charge in [-0.2, -0.15) is 0 Å². The van der Waals surface area contributed by atoms with E-state index in [1.54, 1.807) is 0 Å². The lowest BCUT2D eigenvalue weighted by Crippen LogP contribution is -2.52. The molecule has 1 fully saturated rings. The van der Waals surface area contributed by atoms with Gasteiger partial charge in [-0.15, -0.1) is 0 Å². The van der Waals surface area contributed by atoms with Crippen molar-refractivity contribution in [1.82, 2.24) is 9.62 Å². The van der Waals surface area contributed by atoms with Crippen LogP contribution in [-0.2, 0) is 10.0 Å². The summed E-state index contributed by atoms with van der Waals surface area (Å²) in [5.74, 6) is 0.816. The molecule has 0 spiro atoms. The van der Waals surface area contributed by atoms with Crippen molar-refractivity contribution in [3.05, 3.63) is 34.9 Å². The van der Waals surface area contributed by atoms with E-state index in [-0.39, 0.29) is 0 Å². The third-order valence-electron chi connectivity index (χ3n) is 3.69. The van der Waals surface area contributed by atoms with Gasteiger partial charge in [0.1, 0.15) is 0 Å². The number of nitrogens with one attached hydrogen (secondary N) is 1. The van der Waals surface area contributed by atoms with Crippen LogP contribution in [-0.4, -0.2) is 45.2 Å². The van der Waals surface area contributed by atoms with Crippen molar-refractivity contribution in [3.8, 4) is 0 Å². The first-order chi connectivity index (χ1) is 9.36. The average Bonchev–Trinajstić information content (AvgIpc) is 2.30. The molecule has 0 saturated carbocycles. The van der Waals surface area contributed by atoms with Gasteiger partial charge in [0.25, 0.3) is 0 Å². The van der Waals surface area contributed by atoms with Crippen molar-refractivity contribution in [2.75, 3.05) is 32.4 Å². The topological polar surface area (TPSA) is 49.4 Å². The second kappa shape index (κ2) is 6.43. The quantitative estimate of drug-likeness (QED) is 0.872. The summed E-state index contributed by atoms with van der Waals surface area (Å²) in [7, 11) is -3.00. The number of sulfonamides is 1. The van der Waals surface area contributed by atoms with Gasteiger partial charge in [-0.25, -0.2) is 12.7 Å². The maximum Gasteiger partial charge on any atom is 0.211 e. The molecule has 0 amide bonds. The summed E-state index contributed by atoms with van der Waals surface area (Å²) < 4.78 is 24.0. The molecule has 1 heterocycles. The van der Waals surface area contributed by atoms with E-state index in [1.807, 2.05) is 18.2 Å². The molecule has 20 heavy (non-hydrogen) atoms. The van der Waals surface area contributed by atoms with Gasteiger partial charge < -0.3 is 5.32 Å². The Hall–Kier alpha value is -0.620. The van der Waals surface area contributed by atoms with Crippen LogP contribution in [0.4, 0.5) is 0 Å². The molecule has 0 aromatic heterocycles. The molecule has 0 aliphatic carbocycles. The van der Waals surface area contributed by atoms with Crippen LogP contribution in [0.3, 0.4) is 0 Å². The number of halogens is 1. The zero-order valence-electron chi connectivity index (χ0n) is 11.8. The first kappa shape index (κ1) is 15.8. The van der Waals surface area contributed by atoms with E-state index >= 15 is 0 Å². The van der Waals surface area contributed by atoms with E-state index < -0.39 is 10.0 Å². The Balaban J connectivity index is 1.70. The molecule has 6 heteroatoms. The fourth-order valence-electron chi connectivity index (χ4n) is 2.36. The molecule has 1 atom stereocenters. The molecule has 112 valence electrons. The minimum absolute atomic E-state index is 0.389. The van der Waals surface area contributed by atoms with Crippen molar-refractivity contribution in [1.29, 1.82) is 0 Å². The van der Waals surface area contributed by atoms with Crippen molar-refractivity contribution in [2.45, 2.75) is 12.8 Å². The highest BCUT2D eigenvalue weighted by Gasteiger charge is 2.32. The maximum absolute atomic E-state index is 11.3. The van der Waals surface area contributed by atoms with Gasteiger partial charge >= 0.3 is 0 Å². The van der Waals surface area contributed by atoms with E-state index in [0.29, 0.717) is 24.9 Å². The third-order valence-corrected chi connectivity index (χ3v) is 5.17. The molecule has 0 bridgehead atoms. The maximum atomic E-state index is 11.3. The monoisotopic (exact) mass is 316 g/mol. The molecule has 0 unspecified atom stereocenters. The smallest absolute Gasteiger partial charge is 0.211 e. The van der Waals surface area contributed by atoms with Gasteiger partial charge in [0.05, 0.1) is 6.26 Å².